The topological polar surface area (TPSA) is 65.4 Å². The van der Waals surface area contributed by atoms with E-state index in [2.05, 4.69) is 42.5 Å². The molecule has 0 saturated carbocycles. The Labute approximate surface area is 175 Å². The van der Waals surface area contributed by atoms with E-state index >= 15 is 0 Å². The molecule has 0 radical (unpaired) electrons. The van der Waals surface area contributed by atoms with Gasteiger partial charge in [-0.3, -0.25) is 4.79 Å². The minimum Gasteiger partial charge on any atom is -0.454 e. The monoisotopic (exact) mass is 403 g/mol. The maximum atomic E-state index is 12.8. The largest absolute Gasteiger partial charge is 0.454 e. The highest BCUT2D eigenvalue weighted by Crippen LogP contribution is 2.34. The van der Waals surface area contributed by atoms with E-state index in [0.29, 0.717) is 12.2 Å². The van der Waals surface area contributed by atoms with Crippen molar-refractivity contribution < 1.29 is 14.3 Å². The molecule has 0 fully saturated rings. The number of carbonyl (C=O) groups is 1. The summed E-state index contributed by atoms with van der Waals surface area (Å²) < 4.78 is 12.8. The van der Waals surface area contributed by atoms with Crippen LogP contribution in [0.3, 0.4) is 0 Å². The highest BCUT2D eigenvalue weighted by molar-refractivity contribution is 5.79. The Kier molecular flexibility index (Phi) is 4.69. The smallest absolute Gasteiger partial charge is 0.231 e. The number of aromatic nitrogens is 2. The molecule has 30 heavy (non-hydrogen) atoms. The van der Waals surface area contributed by atoms with Crippen LogP contribution in [0.25, 0.3) is 5.69 Å². The van der Waals surface area contributed by atoms with E-state index in [-0.39, 0.29) is 18.7 Å². The van der Waals surface area contributed by atoms with Crippen LogP contribution in [0.1, 0.15) is 46.8 Å². The lowest BCUT2D eigenvalue weighted by Gasteiger charge is -2.24. The fourth-order valence-electron chi connectivity index (χ4n) is 4.36. The number of nitrogens with one attached hydrogen (secondary N) is 1. The number of benzene rings is 2. The quantitative estimate of drug-likeness (QED) is 0.716. The summed E-state index contributed by atoms with van der Waals surface area (Å²) in [6.07, 6.45) is 5.16. The number of ether oxygens (including phenoxy) is 2. The van der Waals surface area contributed by atoms with Crippen molar-refractivity contribution in [3.63, 3.8) is 0 Å². The van der Waals surface area contributed by atoms with Crippen molar-refractivity contribution in [1.82, 2.24) is 15.1 Å². The first-order valence-corrected chi connectivity index (χ1v) is 10.4. The first-order chi connectivity index (χ1) is 14.6. The molecule has 1 N–H and O–H groups in total. The van der Waals surface area contributed by atoms with Gasteiger partial charge in [0.15, 0.2) is 11.5 Å². The number of hydrogen-bond donors (Lipinski definition) is 1. The average molecular weight is 403 g/mol. The van der Waals surface area contributed by atoms with Crippen molar-refractivity contribution in [2.75, 3.05) is 6.79 Å². The van der Waals surface area contributed by atoms with E-state index in [4.69, 9.17) is 9.47 Å². The van der Waals surface area contributed by atoms with Gasteiger partial charge in [-0.25, -0.2) is 4.68 Å². The molecule has 0 bridgehead atoms. The summed E-state index contributed by atoms with van der Waals surface area (Å²) in [4.78, 5) is 12.8. The summed E-state index contributed by atoms with van der Waals surface area (Å²) >= 11 is 0. The molecule has 0 spiro atoms. The predicted octanol–water partition coefficient (Wildman–Crippen LogP) is 3.95. The molecule has 2 heterocycles. The summed E-state index contributed by atoms with van der Waals surface area (Å²) in [6, 6.07) is 11.9. The number of nitrogens with zero attached hydrogens (tertiary/aromatic N) is 2. The van der Waals surface area contributed by atoms with Crippen LogP contribution in [-0.4, -0.2) is 22.5 Å². The highest BCUT2D eigenvalue weighted by Gasteiger charge is 2.26. The molecule has 1 unspecified atom stereocenters. The lowest BCUT2D eigenvalue weighted by atomic mass is 9.92. The molecule has 154 valence electrons. The third kappa shape index (κ3) is 3.32. The molecule has 1 aromatic heterocycles. The van der Waals surface area contributed by atoms with Crippen molar-refractivity contribution in [1.29, 1.82) is 0 Å². The predicted molar refractivity (Wildman–Crippen MR) is 113 cm³/mol. The van der Waals surface area contributed by atoms with Gasteiger partial charge < -0.3 is 14.8 Å². The van der Waals surface area contributed by atoms with Gasteiger partial charge in [-0.15, -0.1) is 0 Å². The van der Waals surface area contributed by atoms with Gasteiger partial charge >= 0.3 is 0 Å². The first-order valence-electron chi connectivity index (χ1n) is 10.4. The van der Waals surface area contributed by atoms with E-state index in [1.54, 1.807) is 0 Å². The van der Waals surface area contributed by atoms with Crippen molar-refractivity contribution >= 4 is 5.91 Å². The van der Waals surface area contributed by atoms with Crippen LogP contribution in [0.4, 0.5) is 0 Å². The van der Waals surface area contributed by atoms with Gasteiger partial charge in [0.05, 0.1) is 24.3 Å². The van der Waals surface area contributed by atoms with Gasteiger partial charge in [0.1, 0.15) is 0 Å². The van der Waals surface area contributed by atoms with Gasteiger partial charge in [-0.2, -0.15) is 5.10 Å². The number of amides is 1. The zero-order chi connectivity index (χ0) is 20.7. The standard InChI is InChI=1S/C24H25N3O3/c1-15-5-3-7-20(16(15)2)27-21-8-4-6-19(18(21)13-25-27)26-24(28)12-17-9-10-22-23(11-17)30-14-29-22/h3,5,7,9-11,13,19H,4,6,8,12,14H2,1-2H3,(H,26,28). The van der Waals surface area contributed by atoms with Crippen LogP contribution in [-0.2, 0) is 17.6 Å². The van der Waals surface area contributed by atoms with Crippen molar-refractivity contribution in [2.24, 2.45) is 0 Å². The van der Waals surface area contributed by atoms with Crippen LogP contribution in [0.15, 0.2) is 42.6 Å². The highest BCUT2D eigenvalue weighted by atomic mass is 16.7. The fourth-order valence-corrected chi connectivity index (χ4v) is 4.36. The van der Waals surface area contributed by atoms with Crippen LogP contribution in [0, 0.1) is 13.8 Å². The van der Waals surface area contributed by atoms with Gasteiger partial charge in [0.25, 0.3) is 0 Å². The van der Waals surface area contributed by atoms with Gasteiger partial charge in [0, 0.05) is 11.3 Å². The third-order valence-corrected chi connectivity index (χ3v) is 6.12. The Hall–Kier alpha value is -3.28. The first kappa shape index (κ1) is 18.7. The van der Waals surface area contributed by atoms with E-state index in [0.717, 1.165) is 41.8 Å². The normalized spacial score (nSPS) is 16.9. The Balaban J connectivity index is 1.34. The summed E-state index contributed by atoms with van der Waals surface area (Å²) in [5.74, 6) is 1.44. The Morgan fingerprint density at radius 2 is 2.07 bits per heavy atom. The Morgan fingerprint density at radius 1 is 1.20 bits per heavy atom. The van der Waals surface area contributed by atoms with Crippen LogP contribution in [0.2, 0.25) is 0 Å². The Bertz CT molecular complexity index is 1120. The molecule has 3 aromatic rings. The molecule has 1 atom stereocenters. The maximum Gasteiger partial charge on any atom is 0.231 e. The molecular formula is C24H25N3O3. The van der Waals surface area contributed by atoms with E-state index in [9.17, 15) is 4.79 Å². The van der Waals surface area contributed by atoms with Crippen LogP contribution in [0.5, 0.6) is 11.5 Å². The number of rotatable bonds is 4. The lowest BCUT2D eigenvalue weighted by molar-refractivity contribution is -0.121. The van der Waals surface area contributed by atoms with Gasteiger partial charge in [0.2, 0.25) is 12.7 Å². The number of hydrogen-bond acceptors (Lipinski definition) is 4. The second kappa shape index (κ2) is 7.52. The number of aryl methyl sites for hydroxylation is 1. The van der Waals surface area contributed by atoms with Crippen LogP contribution >= 0.6 is 0 Å². The Morgan fingerprint density at radius 3 is 2.97 bits per heavy atom. The SMILES string of the molecule is Cc1cccc(-n2ncc3c2CCCC3NC(=O)Cc2ccc3c(c2)OCO3)c1C. The van der Waals surface area contributed by atoms with E-state index < -0.39 is 0 Å². The van der Waals surface area contributed by atoms with Crippen molar-refractivity contribution in [3.8, 4) is 17.2 Å². The summed E-state index contributed by atoms with van der Waals surface area (Å²) in [5.41, 5.74) is 6.84. The summed E-state index contributed by atoms with van der Waals surface area (Å²) in [7, 11) is 0. The summed E-state index contributed by atoms with van der Waals surface area (Å²) in [5, 5.41) is 7.90. The number of fused-ring (bicyclic) bond motifs is 2. The van der Waals surface area contributed by atoms with E-state index in [1.807, 2.05) is 29.1 Å². The molecule has 1 aliphatic heterocycles. The van der Waals surface area contributed by atoms with Crippen molar-refractivity contribution in [2.45, 2.75) is 45.6 Å². The summed E-state index contributed by atoms with van der Waals surface area (Å²) in [6.45, 7) is 4.49. The molecule has 5 rings (SSSR count). The molecule has 1 aliphatic carbocycles. The fraction of sp³-hybridized carbons (Fsp3) is 0.333. The molecule has 2 aromatic carbocycles. The molecule has 6 heteroatoms. The van der Waals surface area contributed by atoms with Gasteiger partial charge in [-0.05, 0) is 68.0 Å². The molecular weight excluding hydrogens is 378 g/mol. The molecule has 2 aliphatic rings. The number of carbonyl (C=O) groups excluding carboxylic acids is 1. The minimum absolute atomic E-state index is 0.00544. The molecule has 1 amide bonds. The van der Waals surface area contributed by atoms with Gasteiger partial charge in [-0.1, -0.05) is 18.2 Å². The second-order valence-corrected chi connectivity index (χ2v) is 8.05. The zero-order valence-corrected chi connectivity index (χ0v) is 17.3. The third-order valence-electron chi connectivity index (χ3n) is 6.12. The van der Waals surface area contributed by atoms with Crippen molar-refractivity contribution in [3.05, 3.63) is 70.5 Å². The zero-order valence-electron chi connectivity index (χ0n) is 17.3. The molecule has 6 nitrogen and oxygen atoms in total. The average Bonchev–Trinajstić information content (AvgIpc) is 3.37. The second-order valence-electron chi connectivity index (χ2n) is 8.05. The minimum atomic E-state index is -0.00544. The van der Waals surface area contributed by atoms with E-state index in [1.165, 1.54) is 16.8 Å². The lowest BCUT2D eigenvalue weighted by Crippen LogP contribution is -2.32. The molecule has 0 saturated heterocycles. The van der Waals surface area contributed by atoms with Crippen LogP contribution < -0.4 is 14.8 Å². The maximum absolute atomic E-state index is 12.8.